The van der Waals surface area contributed by atoms with Crippen LogP contribution in [0.4, 0.5) is 0 Å². The van der Waals surface area contributed by atoms with E-state index < -0.39 is 15.1 Å². The maximum absolute atomic E-state index is 11.7. The summed E-state index contributed by atoms with van der Waals surface area (Å²) < 4.78 is 25.7. The second-order valence-electron chi connectivity index (χ2n) is 6.22. The molecule has 4 nitrogen and oxygen atoms in total. The van der Waals surface area contributed by atoms with Crippen LogP contribution in [0.15, 0.2) is 53.1 Å². The Balaban J connectivity index is 1.81. The van der Waals surface area contributed by atoms with Gasteiger partial charge in [-0.05, 0) is 40.7 Å². The van der Waals surface area contributed by atoms with E-state index >= 15 is 0 Å². The van der Waals surface area contributed by atoms with Gasteiger partial charge in [-0.3, -0.25) is 0 Å². The Morgan fingerprint density at radius 2 is 2.04 bits per heavy atom. The van der Waals surface area contributed by atoms with Crippen LogP contribution in [-0.4, -0.2) is 42.1 Å². The highest BCUT2D eigenvalue weighted by molar-refractivity contribution is 8.83. The predicted molar refractivity (Wildman–Crippen MR) is 117 cm³/mol. The zero-order chi connectivity index (χ0) is 18.9. The van der Waals surface area contributed by atoms with Crippen molar-refractivity contribution in [3.8, 4) is 0 Å². The molecule has 1 heterocycles. The summed E-state index contributed by atoms with van der Waals surface area (Å²) in [5.41, 5.74) is 2.25. The molecule has 26 heavy (non-hydrogen) atoms. The van der Waals surface area contributed by atoms with E-state index in [1.54, 1.807) is 6.08 Å². The van der Waals surface area contributed by atoms with Crippen molar-refractivity contribution in [2.45, 2.75) is 24.3 Å². The van der Waals surface area contributed by atoms with E-state index in [1.807, 2.05) is 54.1 Å². The van der Waals surface area contributed by atoms with Gasteiger partial charge in [0.05, 0.1) is 5.25 Å². The third kappa shape index (κ3) is 4.44. The largest absolute Gasteiger partial charge is 0.303 e. The predicted octanol–water partition coefficient (Wildman–Crippen LogP) is 4.47. The summed E-state index contributed by atoms with van der Waals surface area (Å²) in [4.78, 5) is 5.77. The average molecular weight is 429 g/mol. The van der Waals surface area contributed by atoms with Gasteiger partial charge in [0.15, 0.2) is 9.84 Å². The molecule has 2 atom stereocenters. The molecule has 1 aromatic carbocycles. The molecule has 0 N–H and O–H groups in total. The third-order valence-electron chi connectivity index (χ3n) is 4.24. The van der Waals surface area contributed by atoms with Crippen molar-refractivity contribution >= 4 is 52.8 Å². The first-order chi connectivity index (χ1) is 12.3. The molecule has 1 aliphatic carbocycles. The summed E-state index contributed by atoms with van der Waals surface area (Å²) in [7, 11) is 0.608. The summed E-state index contributed by atoms with van der Waals surface area (Å²) in [5, 5.41) is 0.308. The van der Waals surface area contributed by atoms with Crippen LogP contribution in [-0.2, 0) is 15.6 Å². The Kier molecular flexibility index (Phi) is 6.01. The maximum atomic E-state index is 11.7. The SMILES string of the molecule is CC1=NC(C2=CCC(S(C)(=O)=O)C=C2)=S(SCc2ccc(Cl)cc2)N1C. The second-order valence-corrected chi connectivity index (χ2v) is 12.5. The van der Waals surface area contributed by atoms with Crippen molar-refractivity contribution in [2.75, 3.05) is 13.3 Å². The van der Waals surface area contributed by atoms with Gasteiger partial charge in [-0.25, -0.2) is 13.4 Å². The standard InChI is InChI=1S/C18H21ClN2O2S3/c1-13-20-18(15-6-10-17(11-7-15)26(3,22)23)25(21(13)2)24-12-14-4-8-16(19)9-5-14/h4-10,17H,11-12H2,1-3H3. The molecule has 2 aliphatic rings. The van der Waals surface area contributed by atoms with Gasteiger partial charge in [0.2, 0.25) is 0 Å². The lowest BCUT2D eigenvalue weighted by atomic mass is 10.1. The lowest BCUT2D eigenvalue weighted by molar-refractivity contribution is 0.594. The zero-order valence-electron chi connectivity index (χ0n) is 14.8. The highest BCUT2D eigenvalue weighted by Gasteiger charge is 2.25. The molecule has 140 valence electrons. The maximum Gasteiger partial charge on any atom is 0.154 e. The fourth-order valence-electron chi connectivity index (χ4n) is 2.59. The normalized spacial score (nSPS) is 23.2. The second kappa shape index (κ2) is 7.92. The molecule has 3 rings (SSSR count). The van der Waals surface area contributed by atoms with E-state index in [4.69, 9.17) is 16.6 Å². The molecule has 0 saturated carbocycles. The van der Waals surface area contributed by atoms with Gasteiger partial charge >= 0.3 is 0 Å². The molecule has 1 aromatic rings. The summed E-state index contributed by atoms with van der Waals surface area (Å²) in [6.07, 6.45) is 7.48. The monoisotopic (exact) mass is 428 g/mol. The van der Waals surface area contributed by atoms with E-state index in [0.29, 0.717) is 6.42 Å². The van der Waals surface area contributed by atoms with Gasteiger partial charge < -0.3 is 4.31 Å². The van der Waals surface area contributed by atoms with Crippen LogP contribution in [0.25, 0.3) is 0 Å². The van der Waals surface area contributed by atoms with Gasteiger partial charge in [0, 0.05) is 29.7 Å². The first-order valence-electron chi connectivity index (χ1n) is 8.11. The molecular weight excluding hydrogens is 408 g/mol. The minimum Gasteiger partial charge on any atom is -0.303 e. The summed E-state index contributed by atoms with van der Waals surface area (Å²) in [6, 6.07) is 7.89. The number of nitrogens with zero attached hydrogens (tertiary/aromatic N) is 2. The highest BCUT2D eigenvalue weighted by Crippen LogP contribution is 2.43. The number of amidine groups is 1. The van der Waals surface area contributed by atoms with E-state index in [2.05, 4.69) is 11.4 Å². The Hall–Kier alpha value is -1.02. The molecule has 0 radical (unpaired) electrons. The van der Waals surface area contributed by atoms with Crippen molar-refractivity contribution < 1.29 is 8.42 Å². The quantitative estimate of drug-likeness (QED) is 0.513. The number of halogens is 1. The van der Waals surface area contributed by atoms with Gasteiger partial charge in [0.25, 0.3) is 0 Å². The lowest BCUT2D eigenvalue weighted by Gasteiger charge is -2.19. The Labute approximate surface area is 166 Å². The van der Waals surface area contributed by atoms with Crippen molar-refractivity contribution in [3.63, 3.8) is 0 Å². The summed E-state index contributed by atoms with van der Waals surface area (Å²) in [5.74, 6) is 1.84. The van der Waals surface area contributed by atoms with Crippen molar-refractivity contribution in [3.05, 3.63) is 58.7 Å². The lowest BCUT2D eigenvalue weighted by Crippen LogP contribution is -2.19. The number of rotatable bonds is 5. The first kappa shape index (κ1) is 19.7. The van der Waals surface area contributed by atoms with Crippen molar-refractivity contribution in [2.24, 2.45) is 4.99 Å². The van der Waals surface area contributed by atoms with Crippen LogP contribution < -0.4 is 0 Å². The smallest absolute Gasteiger partial charge is 0.154 e. The van der Waals surface area contributed by atoms with Crippen LogP contribution >= 0.6 is 32.1 Å². The topological polar surface area (TPSA) is 49.7 Å². The number of aliphatic imine (C=N–C) groups is 1. The first-order valence-corrected chi connectivity index (χ1v) is 13.1. The van der Waals surface area contributed by atoms with E-state index in [9.17, 15) is 8.42 Å². The molecule has 0 fully saturated rings. The minimum atomic E-state index is -3.06. The molecular formula is C18H21ClN2O2S3. The molecule has 0 amide bonds. The van der Waals surface area contributed by atoms with Crippen LogP contribution in [0.3, 0.4) is 0 Å². The van der Waals surface area contributed by atoms with E-state index in [1.165, 1.54) is 11.8 Å². The van der Waals surface area contributed by atoms with Crippen LogP contribution in [0.1, 0.15) is 18.9 Å². The highest BCUT2D eigenvalue weighted by atomic mass is 35.5. The number of sulfone groups is 1. The average Bonchev–Trinajstić information content (AvgIpc) is 2.89. The summed E-state index contributed by atoms with van der Waals surface area (Å²) in [6.45, 7) is 2.00. The molecule has 0 spiro atoms. The Morgan fingerprint density at radius 3 is 2.62 bits per heavy atom. The van der Waals surface area contributed by atoms with Gasteiger partial charge in [-0.1, -0.05) is 52.8 Å². The molecule has 0 saturated heterocycles. The van der Waals surface area contributed by atoms with Crippen LogP contribution in [0.2, 0.25) is 5.02 Å². The molecule has 8 heteroatoms. The Morgan fingerprint density at radius 1 is 1.35 bits per heavy atom. The van der Waals surface area contributed by atoms with Crippen LogP contribution in [0, 0.1) is 0 Å². The number of allylic oxidation sites excluding steroid dienone is 1. The number of hydrogen-bond donors (Lipinski definition) is 0. The van der Waals surface area contributed by atoms with Gasteiger partial charge in [0.1, 0.15) is 10.8 Å². The summed E-state index contributed by atoms with van der Waals surface area (Å²) >= 11 is 5.96. The van der Waals surface area contributed by atoms with Crippen LogP contribution in [0.5, 0.6) is 0 Å². The van der Waals surface area contributed by atoms with Crippen molar-refractivity contribution in [1.82, 2.24) is 4.31 Å². The minimum absolute atomic E-state index is 0.215. The fourth-order valence-corrected chi connectivity index (χ4v) is 7.61. The fraction of sp³-hybridized carbons (Fsp3) is 0.333. The van der Waals surface area contributed by atoms with Gasteiger partial charge in [-0.2, -0.15) is 0 Å². The Bertz CT molecular complexity index is 932. The van der Waals surface area contributed by atoms with Crippen molar-refractivity contribution in [1.29, 1.82) is 0 Å². The van der Waals surface area contributed by atoms with Gasteiger partial charge in [-0.15, -0.1) is 0 Å². The zero-order valence-corrected chi connectivity index (χ0v) is 18.1. The molecule has 2 unspecified atom stereocenters. The third-order valence-corrected chi connectivity index (χ3v) is 10.2. The molecule has 0 aromatic heterocycles. The van der Waals surface area contributed by atoms with E-state index in [-0.39, 0.29) is 9.70 Å². The number of benzene rings is 1. The van der Waals surface area contributed by atoms with E-state index in [0.717, 1.165) is 27.2 Å². The number of hydrogen-bond acceptors (Lipinski definition) is 5. The molecule has 1 aliphatic heterocycles. The molecule has 0 bridgehead atoms.